The predicted octanol–water partition coefficient (Wildman–Crippen LogP) is -2.02. The lowest BCUT2D eigenvalue weighted by Crippen LogP contribution is -2.35. The van der Waals surface area contributed by atoms with E-state index in [9.17, 15) is 20.1 Å². The molecule has 9 nitrogen and oxygen atoms in total. The summed E-state index contributed by atoms with van der Waals surface area (Å²) in [6, 6.07) is -0.481. The van der Waals surface area contributed by atoms with E-state index in [0.717, 1.165) is 0 Å². The standard InChI is InChI=1S/C12H15N5O4/c13-11-15-9-5(10(21)16-11)14-3-17(9)6-4-1-12(4,2-18)8(20)7(6)19/h3-4,6-8,18-20H,1-2H2,(H3,13,15,16,21)/t4-,6-,7+,8+,12?/m1/s1. The van der Waals surface area contributed by atoms with Crippen LogP contribution in [0.15, 0.2) is 11.1 Å². The van der Waals surface area contributed by atoms with Crippen LogP contribution in [-0.4, -0.2) is 53.7 Å². The number of anilines is 1. The predicted molar refractivity (Wildman–Crippen MR) is 71.2 cm³/mol. The molecule has 2 heterocycles. The first-order valence-corrected chi connectivity index (χ1v) is 6.69. The summed E-state index contributed by atoms with van der Waals surface area (Å²) in [6.45, 7) is -0.185. The van der Waals surface area contributed by atoms with E-state index in [0.29, 0.717) is 6.42 Å². The molecule has 0 amide bonds. The van der Waals surface area contributed by atoms with Crippen LogP contribution in [0.25, 0.3) is 11.2 Å². The van der Waals surface area contributed by atoms with Gasteiger partial charge in [-0.2, -0.15) is 4.98 Å². The molecule has 2 aromatic heterocycles. The van der Waals surface area contributed by atoms with E-state index >= 15 is 0 Å². The topological polar surface area (TPSA) is 150 Å². The quantitative estimate of drug-likeness (QED) is 0.428. The second kappa shape index (κ2) is 3.81. The van der Waals surface area contributed by atoms with Crippen molar-refractivity contribution in [2.45, 2.75) is 24.7 Å². The molecule has 6 N–H and O–H groups in total. The van der Waals surface area contributed by atoms with Crippen molar-refractivity contribution in [3.8, 4) is 0 Å². The summed E-state index contributed by atoms with van der Waals surface area (Å²) in [6.07, 6.45) is -0.0198. The number of imidazole rings is 1. The summed E-state index contributed by atoms with van der Waals surface area (Å²) >= 11 is 0. The van der Waals surface area contributed by atoms with E-state index in [4.69, 9.17) is 5.73 Å². The van der Waals surface area contributed by atoms with Crippen LogP contribution in [0.1, 0.15) is 12.5 Å². The van der Waals surface area contributed by atoms with Crippen molar-refractivity contribution < 1.29 is 15.3 Å². The van der Waals surface area contributed by atoms with E-state index in [-0.39, 0.29) is 29.6 Å². The van der Waals surface area contributed by atoms with Crippen LogP contribution in [0.4, 0.5) is 5.95 Å². The summed E-state index contributed by atoms with van der Waals surface area (Å²) < 4.78 is 1.57. The van der Waals surface area contributed by atoms with Crippen LogP contribution in [0.3, 0.4) is 0 Å². The van der Waals surface area contributed by atoms with Gasteiger partial charge in [-0.05, 0) is 12.3 Å². The Kier molecular flexibility index (Phi) is 2.31. The second-order valence-corrected chi connectivity index (χ2v) is 5.90. The number of aromatic nitrogens is 4. The summed E-state index contributed by atoms with van der Waals surface area (Å²) in [5.74, 6) is -0.112. The van der Waals surface area contributed by atoms with Crippen LogP contribution in [0, 0.1) is 11.3 Å². The molecular weight excluding hydrogens is 278 g/mol. The van der Waals surface area contributed by atoms with Gasteiger partial charge in [-0.15, -0.1) is 0 Å². The maximum atomic E-state index is 11.8. The van der Waals surface area contributed by atoms with Crippen molar-refractivity contribution in [2.75, 3.05) is 12.3 Å². The third-order valence-corrected chi connectivity index (χ3v) is 4.92. The molecule has 21 heavy (non-hydrogen) atoms. The van der Waals surface area contributed by atoms with Gasteiger partial charge in [0, 0.05) is 5.41 Å². The fourth-order valence-corrected chi connectivity index (χ4v) is 3.71. The van der Waals surface area contributed by atoms with Crippen molar-refractivity contribution in [1.29, 1.82) is 0 Å². The highest BCUT2D eigenvalue weighted by Crippen LogP contribution is 2.67. The molecule has 0 aliphatic heterocycles. The van der Waals surface area contributed by atoms with Crippen molar-refractivity contribution in [3.63, 3.8) is 0 Å². The number of H-pyrrole nitrogens is 1. The summed E-state index contributed by atoms with van der Waals surface area (Å²) in [7, 11) is 0. The van der Waals surface area contributed by atoms with Gasteiger partial charge in [-0.25, -0.2) is 4.98 Å². The number of rotatable bonds is 2. The van der Waals surface area contributed by atoms with Crippen molar-refractivity contribution in [3.05, 3.63) is 16.7 Å². The molecule has 0 saturated heterocycles. The lowest BCUT2D eigenvalue weighted by atomic mass is 10.0. The minimum absolute atomic E-state index is 0.0356. The molecule has 4 rings (SSSR count). The molecule has 0 radical (unpaired) electrons. The van der Waals surface area contributed by atoms with E-state index in [1.807, 2.05) is 0 Å². The first kappa shape index (κ1) is 12.7. The van der Waals surface area contributed by atoms with Gasteiger partial charge >= 0.3 is 0 Å². The largest absolute Gasteiger partial charge is 0.396 e. The maximum Gasteiger partial charge on any atom is 0.280 e. The van der Waals surface area contributed by atoms with Gasteiger partial charge in [0.2, 0.25) is 5.95 Å². The van der Waals surface area contributed by atoms with Gasteiger partial charge in [0.05, 0.1) is 25.1 Å². The Morgan fingerprint density at radius 2 is 2.29 bits per heavy atom. The molecule has 9 heteroatoms. The van der Waals surface area contributed by atoms with Crippen molar-refractivity contribution in [2.24, 2.45) is 11.3 Å². The molecule has 2 saturated carbocycles. The van der Waals surface area contributed by atoms with Crippen LogP contribution >= 0.6 is 0 Å². The molecule has 112 valence electrons. The van der Waals surface area contributed by atoms with Gasteiger partial charge in [0.15, 0.2) is 11.2 Å². The van der Waals surface area contributed by atoms with Gasteiger partial charge in [0.25, 0.3) is 5.56 Å². The highest BCUT2D eigenvalue weighted by Gasteiger charge is 2.71. The number of hydrogen-bond donors (Lipinski definition) is 5. The Morgan fingerprint density at radius 3 is 2.95 bits per heavy atom. The molecule has 2 aromatic rings. The average molecular weight is 293 g/mol. The highest BCUT2D eigenvalue weighted by atomic mass is 16.3. The molecule has 2 fully saturated rings. The van der Waals surface area contributed by atoms with Crippen molar-refractivity contribution >= 4 is 17.1 Å². The number of aromatic amines is 1. The summed E-state index contributed by atoms with van der Waals surface area (Å²) in [4.78, 5) is 22.2. The number of hydrogen-bond acceptors (Lipinski definition) is 7. The number of nitrogen functional groups attached to an aromatic ring is 1. The molecule has 2 aliphatic carbocycles. The number of nitrogens with two attached hydrogens (primary N) is 1. The van der Waals surface area contributed by atoms with E-state index in [1.165, 1.54) is 6.33 Å². The number of nitrogens with zero attached hydrogens (tertiary/aromatic N) is 3. The molecular formula is C12H15N5O4. The van der Waals surface area contributed by atoms with Crippen LogP contribution in [0.2, 0.25) is 0 Å². The van der Waals surface area contributed by atoms with Gasteiger partial charge in [-0.1, -0.05) is 0 Å². The zero-order valence-corrected chi connectivity index (χ0v) is 11.0. The monoisotopic (exact) mass is 293 g/mol. The molecule has 5 atom stereocenters. The smallest absolute Gasteiger partial charge is 0.280 e. The fraction of sp³-hybridized carbons (Fsp3) is 0.583. The third-order valence-electron chi connectivity index (χ3n) is 4.92. The van der Waals surface area contributed by atoms with Gasteiger partial charge < -0.3 is 25.6 Å². The first-order valence-electron chi connectivity index (χ1n) is 6.69. The number of nitrogens with one attached hydrogen (secondary N) is 1. The summed E-state index contributed by atoms with van der Waals surface area (Å²) in [5, 5.41) is 29.9. The molecule has 2 aliphatic rings. The van der Waals surface area contributed by atoms with E-state index in [1.54, 1.807) is 4.57 Å². The minimum Gasteiger partial charge on any atom is -0.396 e. The van der Waals surface area contributed by atoms with Gasteiger partial charge in [-0.3, -0.25) is 9.78 Å². The third kappa shape index (κ3) is 1.42. The lowest BCUT2D eigenvalue weighted by molar-refractivity contribution is -0.0300. The fourth-order valence-electron chi connectivity index (χ4n) is 3.71. The zero-order chi connectivity index (χ0) is 14.9. The number of aliphatic hydroxyl groups is 3. The Morgan fingerprint density at radius 1 is 1.52 bits per heavy atom. The van der Waals surface area contributed by atoms with E-state index in [2.05, 4.69) is 15.0 Å². The summed E-state index contributed by atoms with van der Waals surface area (Å²) in [5.41, 5.74) is 4.85. The zero-order valence-electron chi connectivity index (χ0n) is 11.0. The Hall–Kier alpha value is -1.97. The second-order valence-electron chi connectivity index (χ2n) is 5.90. The Bertz CT molecular complexity index is 786. The molecule has 0 aromatic carbocycles. The van der Waals surface area contributed by atoms with Crippen LogP contribution in [-0.2, 0) is 0 Å². The minimum atomic E-state index is -1.05. The maximum absolute atomic E-state index is 11.8. The number of aliphatic hydroxyl groups excluding tert-OH is 3. The number of fused-ring (bicyclic) bond motifs is 2. The Labute approximate surface area is 118 Å². The average Bonchev–Trinajstić information content (AvgIpc) is 2.97. The van der Waals surface area contributed by atoms with Crippen molar-refractivity contribution in [1.82, 2.24) is 19.5 Å². The van der Waals surface area contributed by atoms with Crippen LogP contribution in [0.5, 0.6) is 0 Å². The molecule has 0 spiro atoms. The van der Waals surface area contributed by atoms with Gasteiger partial charge in [0.1, 0.15) is 6.10 Å². The van der Waals surface area contributed by atoms with Crippen LogP contribution < -0.4 is 11.3 Å². The molecule has 0 bridgehead atoms. The first-order chi connectivity index (χ1) is 9.99. The SMILES string of the molecule is Nc1nc2c(ncn2[C@H]2[C@H](O)[C@H](O)C3(CO)C[C@H]23)c(=O)[nH]1. The lowest BCUT2D eigenvalue weighted by Gasteiger charge is -2.23. The normalized spacial score (nSPS) is 37.9. The molecule has 1 unspecified atom stereocenters. The highest BCUT2D eigenvalue weighted by molar-refractivity contribution is 5.70. The Balaban J connectivity index is 1.87. The van der Waals surface area contributed by atoms with E-state index < -0.39 is 29.2 Å².